The Morgan fingerprint density at radius 2 is 1.90 bits per heavy atom. The number of carbonyl (C=O) groups excluding carboxylic acids is 1. The number of halogens is 2. The zero-order valence-electron chi connectivity index (χ0n) is 11.5. The van der Waals surface area contributed by atoms with Gasteiger partial charge in [0, 0.05) is 11.4 Å². The maximum Gasteiger partial charge on any atom is 0.233 e. The van der Waals surface area contributed by atoms with Crippen LogP contribution in [0.2, 0.25) is 0 Å². The van der Waals surface area contributed by atoms with E-state index in [1.54, 1.807) is 6.92 Å². The second-order valence-corrected chi connectivity index (χ2v) is 5.92. The van der Waals surface area contributed by atoms with Crippen LogP contribution in [0.15, 0.2) is 53.4 Å². The van der Waals surface area contributed by atoms with Gasteiger partial charge >= 0.3 is 0 Å². The summed E-state index contributed by atoms with van der Waals surface area (Å²) in [5.41, 5.74) is 0.986. The minimum absolute atomic E-state index is 0.136. The van der Waals surface area contributed by atoms with Crippen LogP contribution in [0.4, 0.5) is 8.78 Å². The smallest absolute Gasteiger partial charge is 0.233 e. The Kier molecular flexibility index (Phi) is 5.33. The first kappa shape index (κ1) is 15.5. The standard InChI is InChI=1S/C16H15F2NOS/c1-11(21-15-9-13(17)7-8-14(15)18)16(20)19-10-12-5-3-2-4-6-12/h2-9,11H,10H2,1H3,(H,19,20)/t11-/m0/s1. The van der Waals surface area contributed by atoms with Crippen LogP contribution in [0.3, 0.4) is 0 Å². The number of rotatable bonds is 5. The minimum Gasteiger partial charge on any atom is -0.351 e. The predicted molar refractivity (Wildman–Crippen MR) is 80.0 cm³/mol. The first-order valence-electron chi connectivity index (χ1n) is 6.49. The average molecular weight is 307 g/mol. The third-order valence-corrected chi connectivity index (χ3v) is 4.01. The second kappa shape index (κ2) is 7.22. The molecule has 0 aromatic heterocycles. The first-order valence-corrected chi connectivity index (χ1v) is 7.37. The summed E-state index contributed by atoms with van der Waals surface area (Å²) in [6, 6.07) is 12.7. The van der Waals surface area contributed by atoms with Gasteiger partial charge in [-0.3, -0.25) is 4.79 Å². The molecule has 0 spiro atoms. The van der Waals surface area contributed by atoms with Crippen molar-refractivity contribution in [3.8, 4) is 0 Å². The van der Waals surface area contributed by atoms with Crippen LogP contribution in [-0.4, -0.2) is 11.2 Å². The van der Waals surface area contributed by atoms with Crippen molar-refractivity contribution in [1.82, 2.24) is 5.32 Å². The number of nitrogens with one attached hydrogen (secondary N) is 1. The summed E-state index contributed by atoms with van der Waals surface area (Å²) < 4.78 is 26.6. The Morgan fingerprint density at radius 1 is 1.19 bits per heavy atom. The van der Waals surface area contributed by atoms with Gasteiger partial charge in [-0.1, -0.05) is 30.3 Å². The molecule has 2 rings (SSSR count). The van der Waals surface area contributed by atoms with E-state index in [0.717, 1.165) is 35.5 Å². The Balaban J connectivity index is 1.92. The third-order valence-electron chi connectivity index (χ3n) is 2.88. The van der Waals surface area contributed by atoms with E-state index in [2.05, 4.69) is 5.32 Å². The summed E-state index contributed by atoms with van der Waals surface area (Å²) in [5, 5.41) is 2.27. The molecular formula is C16H15F2NOS. The lowest BCUT2D eigenvalue weighted by Gasteiger charge is -2.12. The molecule has 0 fully saturated rings. The molecule has 0 saturated heterocycles. The highest BCUT2D eigenvalue weighted by Crippen LogP contribution is 2.26. The van der Waals surface area contributed by atoms with Gasteiger partial charge in [-0.15, -0.1) is 11.8 Å². The maximum absolute atomic E-state index is 13.5. The molecule has 110 valence electrons. The lowest BCUT2D eigenvalue weighted by atomic mass is 10.2. The molecule has 0 aliphatic rings. The van der Waals surface area contributed by atoms with Gasteiger partial charge in [-0.2, -0.15) is 0 Å². The van der Waals surface area contributed by atoms with Crippen LogP contribution in [0.5, 0.6) is 0 Å². The Hall–Kier alpha value is -1.88. The quantitative estimate of drug-likeness (QED) is 0.852. The summed E-state index contributed by atoms with van der Waals surface area (Å²) in [6.07, 6.45) is 0. The van der Waals surface area contributed by atoms with Gasteiger partial charge in [0.05, 0.1) is 5.25 Å². The summed E-state index contributed by atoms with van der Waals surface area (Å²) in [6.45, 7) is 2.07. The van der Waals surface area contributed by atoms with Crippen molar-refractivity contribution in [1.29, 1.82) is 0 Å². The van der Waals surface area contributed by atoms with E-state index in [-0.39, 0.29) is 10.8 Å². The third kappa shape index (κ3) is 4.56. The minimum atomic E-state index is -0.524. The van der Waals surface area contributed by atoms with Gasteiger partial charge in [0.25, 0.3) is 0 Å². The molecule has 5 heteroatoms. The summed E-state index contributed by atoms with van der Waals surface area (Å²) >= 11 is 1.00. The van der Waals surface area contributed by atoms with Crippen molar-refractivity contribution < 1.29 is 13.6 Å². The molecule has 2 nitrogen and oxygen atoms in total. The highest BCUT2D eigenvalue weighted by atomic mass is 32.2. The SMILES string of the molecule is C[C@H](Sc1cc(F)ccc1F)C(=O)NCc1ccccc1. The summed E-state index contributed by atoms with van der Waals surface area (Å²) in [4.78, 5) is 12.1. The Morgan fingerprint density at radius 3 is 2.62 bits per heavy atom. The molecule has 0 aliphatic heterocycles. The van der Waals surface area contributed by atoms with E-state index in [1.807, 2.05) is 30.3 Å². The molecule has 21 heavy (non-hydrogen) atoms. The lowest BCUT2D eigenvalue weighted by Crippen LogP contribution is -2.30. The van der Waals surface area contributed by atoms with Gasteiger partial charge in [0.1, 0.15) is 11.6 Å². The average Bonchev–Trinajstić information content (AvgIpc) is 2.49. The van der Waals surface area contributed by atoms with E-state index in [1.165, 1.54) is 0 Å². The van der Waals surface area contributed by atoms with Gasteiger partial charge in [0.15, 0.2) is 0 Å². The monoisotopic (exact) mass is 307 g/mol. The number of thioether (sulfide) groups is 1. The van der Waals surface area contributed by atoms with E-state index >= 15 is 0 Å². The number of benzene rings is 2. The van der Waals surface area contributed by atoms with E-state index < -0.39 is 16.9 Å². The molecule has 1 N–H and O–H groups in total. The molecule has 0 unspecified atom stereocenters. The first-order chi connectivity index (χ1) is 10.1. The van der Waals surface area contributed by atoms with Gasteiger partial charge in [-0.05, 0) is 30.7 Å². The molecule has 0 bridgehead atoms. The molecule has 0 saturated carbocycles. The number of hydrogen-bond donors (Lipinski definition) is 1. The van der Waals surface area contributed by atoms with E-state index in [9.17, 15) is 13.6 Å². The number of hydrogen-bond acceptors (Lipinski definition) is 2. The van der Waals surface area contributed by atoms with Crippen molar-refractivity contribution in [3.63, 3.8) is 0 Å². The highest BCUT2D eigenvalue weighted by Gasteiger charge is 2.16. The zero-order chi connectivity index (χ0) is 15.2. The normalized spacial score (nSPS) is 12.0. The fraction of sp³-hybridized carbons (Fsp3) is 0.188. The molecule has 0 radical (unpaired) electrons. The number of carbonyl (C=O) groups is 1. The van der Waals surface area contributed by atoms with Crippen molar-refractivity contribution >= 4 is 17.7 Å². The molecular weight excluding hydrogens is 292 g/mol. The Labute approximate surface area is 126 Å². The van der Waals surface area contributed by atoms with Crippen LogP contribution < -0.4 is 5.32 Å². The highest BCUT2D eigenvalue weighted by molar-refractivity contribution is 8.00. The topological polar surface area (TPSA) is 29.1 Å². The van der Waals surface area contributed by atoms with Gasteiger partial charge in [-0.25, -0.2) is 8.78 Å². The lowest BCUT2D eigenvalue weighted by molar-refractivity contribution is -0.120. The fourth-order valence-corrected chi connectivity index (χ4v) is 2.67. The van der Waals surface area contributed by atoms with Gasteiger partial charge < -0.3 is 5.32 Å². The van der Waals surface area contributed by atoms with Crippen LogP contribution in [0, 0.1) is 11.6 Å². The van der Waals surface area contributed by atoms with Crippen LogP contribution in [-0.2, 0) is 11.3 Å². The molecule has 1 atom stereocenters. The Bertz CT molecular complexity index is 619. The van der Waals surface area contributed by atoms with Crippen LogP contribution in [0.25, 0.3) is 0 Å². The zero-order valence-corrected chi connectivity index (χ0v) is 12.3. The van der Waals surface area contributed by atoms with Crippen molar-refractivity contribution in [3.05, 3.63) is 65.7 Å². The van der Waals surface area contributed by atoms with Crippen LogP contribution in [0.1, 0.15) is 12.5 Å². The van der Waals surface area contributed by atoms with Crippen molar-refractivity contribution in [2.75, 3.05) is 0 Å². The largest absolute Gasteiger partial charge is 0.351 e. The molecule has 0 heterocycles. The van der Waals surface area contributed by atoms with Crippen molar-refractivity contribution in [2.45, 2.75) is 23.6 Å². The van der Waals surface area contributed by atoms with Crippen molar-refractivity contribution in [2.24, 2.45) is 0 Å². The second-order valence-electron chi connectivity index (χ2n) is 4.54. The van der Waals surface area contributed by atoms with Crippen LogP contribution >= 0.6 is 11.8 Å². The molecule has 2 aromatic carbocycles. The molecule has 1 amide bonds. The predicted octanol–water partition coefficient (Wildman–Crippen LogP) is 3.76. The van der Waals surface area contributed by atoms with E-state index in [0.29, 0.717) is 6.54 Å². The van der Waals surface area contributed by atoms with E-state index in [4.69, 9.17) is 0 Å². The summed E-state index contributed by atoms with van der Waals surface area (Å²) in [7, 11) is 0. The number of amides is 1. The van der Waals surface area contributed by atoms with Gasteiger partial charge in [0.2, 0.25) is 5.91 Å². The maximum atomic E-state index is 13.5. The molecule has 0 aliphatic carbocycles. The molecule has 2 aromatic rings. The fourth-order valence-electron chi connectivity index (χ4n) is 1.74. The summed E-state index contributed by atoms with van der Waals surface area (Å²) in [5.74, 6) is -1.26.